The average molecular weight is 314 g/mol. The highest BCUT2D eigenvalue weighted by molar-refractivity contribution is 7.16. The lowest BCUT2D eigenvalue weighted by Crippen LogP contribution is -2.38. The Kier molecular flexibility index (Phi) is 5.46. The molecule has 0 aliphatic rings. The van der Waals surface area contributed by atoms with E-state index in [0.717, 1.165) is 10.4 Å². The molecule has 7 heteroatoms. The van der Waals surface area contributed by atoms with Crippen molar-refractivity contribution in [2.75, 3.05) is 13.6 Å². The van der Waals surface area contributed by atoms with Gasteiger partial charge in [-0.3, -0.25) is 4.99 Å². The van der Waals surface area contributed by atoms with Crippen molar-refractivity contribution < 1.29 is 9.52 Å². The summed E-state index contributed by atoms with van der Waals surface area (Å²) in [7, 11) is 1.68. The van der Waals surface area contributed by atoms with Crippen LogP contribution in [0.25, 0.3) is 0 Å². The van der Waals surface area contributed by atoms with Gasteiger partial charge in [0.1, 0.15) is 6.10 Å². The monoisotopic (exact) mass is 313 g/mol. The summed E-state index contributed by atoms with van der Waals surface area (Å²) in [6.07, 6.45) is 2.68. The molecule has 108 valence electrons. The highest BCUT2D eigenvalue weighted by Gasteiger charge is 2.10. The van der Waals surface area contributed by atoms with Gasteiger partial charge in [0, 0.05) is 30.6 Å². The van der Waals surface area contributed by atoms with Gasteiger partial charge in [0.05, 0.1) is 16.9 Å². The van der Waals surface area contributed by atoms with Crippen LogP contribution in [0.4, 0.5) is 0 Å². The summed E-state index contributed by atoms with van der Waals surface area (Å²) in [5.74, 6) is 0.618. The first-order valence-corrected chi connectivity index (χ1v) is 7.27. The average Bonchev–Trinajstić information content (AvgIpc) is 3.10. The van der Waals surface area contributed by atoms with E-state index in [0.29, 0.717) is 23.4 Å². The van der Waals surface area contributed by atoms with Crippen LogP contribution in [-0.4, -0.2) is 24.7 Å². The van der Waals surface area contributed by atoms with Crippen molar-refractivity contribution >= 4 is 28.9 Å². The van der Waals surface area contributed by atoms with Crippen LogP contribution in [0.3, 0.4) is 0 Å². The smallest absolute Gasteiger partial charge is 0.191 e. The Balaban J connectivity index is 1.79. The molecule has 2 aromatic heterocycles. The standard InChI is InChI=1S/C13H16ClN3O2S/c1-15-13(16-6-9-4-5-19-8-9)17-7-10(18)11-2-3-12(14)20-11/h2-5,8,10,18H,6-7H2,1H3,(H2,15,16,17). The van der Waals surface area contributed by atoms with Crippen molar-refractivity contribution in [3.8, 4) is 0 Å². The van der Waals surface area contributed by atoms with Crippen molar-refractivity contribution in [2.24, 2.45) is 4.99 Å². The second-order valence-electron chi connectivity index (χ2n) is 4.10. The van der Waals surface area contributed by atoms with E-state index in [1.54, 1.807) is 25.6 Å². The van der Waals surface area contributed by atoms with Crippen LogP contribution in [-0.2, 0) is 6.54 Å². The Morgan fingerprint density at radius 3 is 2.90 bits per heavy atom. The lowest BCUT2D eigenvalue weighted by molar-refractivity contribution is 0.184. The molecule has 0 bridgehead atoms. The number of aliphatic imine (C=N–C) groups is 1. The SMILES string of the molecule is CN=C(NCc1ccoc1)NCC(O)c1ccc(Cl)s1. The van der Waals surface area contributed by atoms with Crippen LogP contribution >= 0.6 is 22.9 Å². The van der Waals surface area contributed by atoms with E-state index in [4.69, 9.17) is 16.0 Å². The van der Waals surface area contributed by atoms with E-state index in [1.165, 1.54) is 11.3 Å². The minimum absolute atomic E-state index is 0.363. The Bertz CT molecular complexity index is 554. The molecule has 3 N–H and O–H groups in total. The summed E-state index contributed by atoms with van der Waals surface area (Å²) in [5.41, 5.74) is 1.03. The van der Waals surface area contributed by atoms with Gasteiger partial charge < -0.3 is 20.2 Å². The molecule has 0 radical (unpaired) electrons. The molecular formula is C13H16ClN3O2S. The lowest BCUT2D eigenvalue weighted by atomic mass is 10.3. The topological polar surface area (TPSA) is 69.8 Å². The number of aliphatic hydroxyl groups is 1. The number of rotatable bonds is 5. The van der Waals surface area contributed by atoms with Gasteiger partial charge in [-0.1, -0.05) is 11.6 Å². The maximum atomic E-state index is 10.0. The number of nitrogens with one attached hydrogen (secondary N) is 2. The van der Waals surface area contributed by atoms with Crippen LogP contribution in [0.5, 0.6) is 0 Å². The van der Waals surface area contributed by atoms with Crippen molar-refractivity contribution in [1.82, 2.24) is 10.6 Å². The Morgan fingerprint density at radius 1 is 1.45 bits per heavy atom. The maximum absolute atomic E-state index is 10.0. The third-order valence-electron chi connectivity index (χ3n) is 2.65. The fraction of sp³-hybridized carbons (Fsp3) is 0.308. The van der Waals surface area contributed by atoms with Crippen LogP contribution in [0.2, 0.25) is 4.34 Å². The molecule has 2 rings (SSSR count). The maximum Gasteiger partial charge on any atom is 0.191 e. The van der Waals surface area contributed by atoms with Gasteiger partial charge in [0.25, 0.3) is 0 Å². The van der Waals surface area contributed by atoms with E-state index < -0.39 is 6.10 Å². The van der Waals surface area contributed by atoms with E-state index in [-0.39, 0.29) is 0 Å². The zero-order chi connectivity index (χ0) is 14.4. The van der Waals surface area contributed by atoms with Crippen LogP contribution in [0.1, 0.15) is 16.5 Å². The minimum Gasteiger partial charge on any atom is -0.472 e. The Morgan fingerprint density at radius 2 is 2.30 bits per heavy atom. The quantitative estimate of drug-likeness (QED) is 0.585. The summed E-state index contributed by atoms with van der Waals surface area (Å²) in [6, 6.07) is 5.47. The summed E-state index contributed by atoms with van der Waals surface area (Å²) in [6.45, 7) is 0.971. The number of aliphatic hydroxyl groups excluding tert-OH is 1. The first-order valence-electron chi connectivity index (χ1n) is 6.08. The minimum atomic E-state index is -0.611. The third kappa shape index (κ3) is 4.26. The molecule has 20 heavy (non-hydrogen) atoms. The van der Waals surface area contributed by atoms with Crippen LogP contribution in [0.15, 0.2) is 40.1 Å². The Labute approximate surface area is 126 Å². The predicted molar refractivity (Wildman–Crippen MR) is 81.2 cm³/mol. The van der Waals surface area contributed by atoms with Gasteiger partial charge in [-0.25, -0.2) is 0 Å². The van der Waals surface area contributed by atoms with Gasteiger partial charge in [0.2, 0.25) is 0 Å². The molecule has 0 aliphatic heterocycles. The van der Waals surface area contributed by atoms with Crippen molar-refractivity contribution in [1.29, 1.82) is 0 Å². The molecule has 5 nitrogen and oxygen atoms in total. The van der Waals surface area contributed by atoms with Gasteiger partial charge in [-0.2, -0.15) is 0 Å². The summed E-state index contributed by atoms with van der Waals surface area (Å²) < 4.78 is 5.66. The second kappa shape index (κ2) is 7.33. The van der Waals surface area contributed by atoms with E-state index in [9.17, 15) is 5.11 Å². The van der Waals surface area contributed by atoms with Crippen molar-refractivity contribution in [3.05, 3.63) is 45.5 Å². The fourth-order valence-corrected chi connectivity index (χ4v) is 2.65. The summed E-state index contributed by atoms with van der Waals surface area (Å²) in [4.78, 5) is 4.92. The normalized spacial score (nSPS) is 13.2. The van der Waals surface area contributed by atoms with Gasteiger partial charge in [0.15, 0.2) is 5.96 Å². The summed E-state index contributed by atoms with van der Waals surface area (Å²) in [5, 5.41) is 16.2. The number of guanidine groups is 1. The van der Waals surface area contributed by atoms with Crippen LogP contribution in [0, 0.1) is 0 Å². The van der Waals surface area contributed by atoms with Crippen molar-refractivity contribution in [3.63, 3.8) is 0 Å². The number of hydrogen-bond donors (Lipinski definition) is 3. The molecule has 0 aliphatic carbocycles. The number of furan rings is 1. The molecule has 0 fully saturated rings. The lowest BCUT2D eigenvalue weighted by Gasteiger charge is -2.14. The first kappa shape index (κ1) is 14.9. The zero-order valence-electron chi connectivity index (χ0n) is 11.0. The van der Waals surface area contributed by atoms with Crippen LogP contribution < -0.4 is 10.6 Å². The molecule has 0 spiro atoms. The molecule has 2 aromatic rings. The van der Waals surface area contributed by atoms with E-state index in [2.05, 4.69) is 15.6 Å². The first-order chi connectivity index (χ1) is 9.69. The van der Waals surface area contributed by atoms with Crippen molar-refractivity contribution in [2.45, 2.75) is 12.6 Å². The Hall–Kier alpha value is -1.50. The molecular weight excluding hydrogens is 298 g/mol. The summed E-state index contributed by atoms with van der Waals surface area (Å²) >= 11 is 7.21. The number of thiophene rings is 1. The van der Waals surface area contributed by atoms with E-state index >= 15 is 0 Å². The molecule has 0 saturated carbocycles. The molecule has 0 aromatic carbocycles. The number of hydrogen-bond acceptors (Lipinski definition) is 4. The van der Waals surface area contributed by atoms with Gasteiger partial charge in [-0.05, 0) is 18.2 Å². The molecule has 1 unspecified atom stereocenters. The molecule has 2 heterocycles. The zero-order valence-corrected chi connectivity index (χ0v) is 12.5. The molecule has 1 atom stereocenters. The van der Waals surface area contributed by atoms with Gasteiger partial charge >= 0.3 is 0 Å². The largest absolute Gasteiger partial charge is 0.472 e. The van der Waals surface area contributed by atoms with E-state index in [1.807, 2.05) is 12.1 Å². The molecule has 0 amide bonds. The fourth-order valence-electron chi connectivity index (χ4n) is 1.60. The van der Waals surface area contributed by atoms with Gasteiger partial charge in [-0.15, -0.1) is 11.3 Å². The number of halogens is 1. The third-order valence-corrected chi connectivity index (χ3v) is 3.98. The molecule has 0 saturated heterocycles. The highest BCUT2D eigenvalue weighted by Crippen LogP contribution is 2.26. The number of nitrogens with zero attached hydrogens (tertiary/aromatic N) is 1. The second-order valence-corrected chi connectivity index (χ2v) is 5.84. The predicted octanol–water partition coefficient (Wildman–Crippen LogP) is 2.39. The highest BCUT2D eigenvalue weighted by atomic mass is 35.5.